The molecule has 1 aromatic heterocycles. The fourth-order valence-corrected chi connectivity index (χ4v) is 3.36. The Morgan fingerprint density at radius 3 is 2.78 bits per heavy atom. The zero-order chi connectivity index (χ0) is 12.3. The Hall–Kier alpha value is -1.84. The van der Waals surface area contributed by atoms with Crippen molar-refractivity contribution in [3.8, 4) is 0 Å². The molecule has 0 bridgehead atoms. The standard InChI is InChI=1S/C14H14N2O2/c17-14(18)10-2-1-3-11-12(10)16-13(15-11)9-5-7-4-8(7)6-9/h1-3,7-9H,4-6H2,(H,15,16)(H,17,18). The molecule has 0 radical (unpaired) electrons. The van der Waals surface area contributed by atoms with E-state index in [1.807, 2.05) is 6.07 Å². The highest BCUT2D eigenvalue weighted by Gasteiger charge is 2.47. The highest BCUT2D eigenvalue weighted by atomic mass is 16.4. The minimum absolute atomic E-state index is 0.290. The highest BCUT2D eigenvalue weighted by Crippen LogP contribution is 2.57. The second-order valence-electron chi connectivity index (χ2n) is 5.55. The SMILES string of the molecule is O=C(O)c1cccc2[nH]c(C3CC4CC4C3)nc12. The van der Waals surface area contributed by atoms with E-state index in [1.54, 1.807) is 12.1 Å². The number of carboxylic acid groups (broad SMARTS) is 1. The van der Waals surface area contributed by atoms with Gasteiger partial charge in [0.05, 0.1) is 11.1 Å². The van der Waals surface area contributed by atoms with E-state index in [1.165, 1.54) is 19.3 Å². The van der Waals surface area contributed by atoms with Crippen molar-refractivity contribution < 1.29 is 9.90 Å². The van der Waals surface area contributed by atoms with Gasteiger partial charge in [-0.25, -0.2) is 9.78 Å². The number of carbonyl (C=O) groups is 1. The number of hydrogen-bond donors (Lipinski definition) is 2. The van der Waals surface area contributed by atoms with Crippen LogP contribution >= 0.6 is 0 Å². The highest BCUT2D eigenvalue weighted by molar-refractivity contribution is 6.00. The van der Waals surface area contributed by atoms with Crippen LogP contribution in [0.3, 0.4) is 0 Å². The minimum atomic E-state index is -0.909. The van der Waals surface area contributed by atoms with Gasteiger partial charge in [0.25, 0.3) is 0 Å². The monoisotopic (exact) mass is 242 g/mol. The minimum Gasteiger partial charge on any atom is -0.478 e. The van der Waals surface area contributed by atoms with Crippen LogP contribution in [0.1, 0.15) is 41.4 Å². The van der Waals surface area contributed by atoms with Gasteiger partial charge >= 0.3 is 5.97 Å². The summed E-state index contributed by atoms with van der Waals surface area (Å²) in [5.41, 5.74) is 1.73. The lowest BCUT2D eigenvalue weighted by Crippen LogP contribution is -1.99. The largest absolute Gasteiger partial charge is 0.478 e. The van der Waals surface area contributed by atoms with E-state index in [-0.39, 0.29) is 5.56 Å². The molecule has 4 rings (SSSR count). The molecule has 1 heterocycles. The molecule has 2 aliphatic rings. The first-order valence-corrected chi connectivity index (χ1v) is 6.44. The summed E-state index contributed by atoms with van der Waals surface area (Å²) in [5, 5.41) is 9.15. The molecule has 2 fully saturated rings. The second-order valence-corrected chi connectivity index (χ2v) is 5.55. The maximum atomic E-state index is 11.2. The van der Waals surface area contributed by atoms with Crippen LogP contribution in [0.4, 0.5) is 0 Å². The molecule has 0 saturated heterocycles. The van der Waals surface area contributed by atoms with Crippen LogP contribution in [0.5, 0.6) is 0 Å². The molecule has 0 spiro atoms. The Kier molecular flexibility index (Phi) is 1.88. The number of aromatic carboxylic acids is 1. The number of hydrogen-bond acceptors (Lipinski definition) is 2. The summed E-state index contributed by atoms with van der Waals surface area (Å²) in [6.45, 7) is 0. The van der Waals surface area contributed by atoms with Crippen molar-refractivity contribution in [3.63, 3.8) is 0 Å². The predicted molar refractivity (Wildman–Crippen MR) is 66.6 cm³/mol. The smallest absolute Gasteiger partial charge is 0.337 e. The molecular weight excluding hydrogens is 228 g/mol. The first-order chi connectivity index (χ1) is 8.72. The van der Waals surface area contributed by atoms with E-state index in [0.717, 1.165) is 23.2 Å². The molecule has 4 heteroatoms. The van der Waals surface area contributed by atoms with Crippen molar-refractivity contribution in [2.24, 2.45) is 11.8 Å². The van der Waals surface area contributed by atoms with Crippen molar-refractivity contribution in [2.45, 2.75) is 25.2 Å². The molecule has 2 aromatic rings. The Labute approximate surface area is 104 Å². The third-order valence-corrected chi connectivity index (χ3v) is 4.39. The molecule has 0 amide bonds. The molecular formula is C14H14N2O2. The Bertz CT molecular complexity index is 636. The fourth-order valence-electron chi connectivity index (χ4n) is 3.36. The van der Waals surface area contributed by atoms with Crippen molar-refractivity contribution in [1.82, 2.24) is 9.97 Å². The van der Waals surface area contributed by atoms with Gasteiger partial charge in [0.2, 0.25) is 0 Å². The second kappa shape index (κ2) is 3.34. The third-order valence-electron chi connectivity index (χ3n) is 4.39. The predicted octanol–water partition coefficient (Wildman–Crippen LogP) is 2.77. The molecule has 2 N–H and O–H groups in total. The van der Waals surface area contributed by atoms with Gasteiger partial charge in [-0.3, -0.25) is 0 Å². The number of nitrogens with zero attached hydrogens (tertiary/aromatic N) is 1. The molecule has 4 nitrogen and oxygen atoms in total. The van der Waals surface area contributed by atoms with Crippen LogP contribution in [0.25, 0.3) is 11.0 Å². The van der Waals surface area contributed by atoms with Crippen LogP contribution in [0.2, 0.25) is 0 Å². The van der Waals surface area contributed by atoms with Crippen LogP contribution in [0, 0.1) is 11.8 Å². The van der Waals surface area contributed by atoms with Crippen molar-refractivity contribution in [3.05, 3.63) is 29.6 Å². The molecule has 0 aliphatic heterocycles. The summed E-state index contributed by atoms with van der Waals surface area (Å²) in [4.78, 5) is 19.0. The van der Waals surface area contributed by atoms with E-state index >= 15 is 0 Å². The van der Waals surface area contributed by atoms with Crippen molar-refractivity contribution in [1.29, 1.82) is 0 Å². The summed E-state index contributed by atoms with van der Waals surface area (Å²) in [5.74, 6) is 2.38. The van der Waals surface area contributed by atoms with E-state index in [0.29, 0.717) is 11.4 Å². The lowest BCUT2D eigenvalue weighted by molar-refractivity contribution is 0.0699. The number of aromatic amines is 1. The number of para-hydroxylation sites is 1. The molecule has 18 heavy (non-hydrogen) atoms. The van der Waals surface area contributed by atoms with Crippen LogP contribution < -0.4 is 0 Å². The Morgan fingerprint density at radius 2 is 2.06 bits per heavy atom. The number of aromatic nitrogens is 2. The molecule has 92 valence electrons. The molecule has 2 unspecified atom stereocenters. The average molecular weight is 242 g/mol. The summed E-state index contributed by atoms with van der Waals surface area (Å²) >= 11 is 0. The van der Waals surface area contributed by atoms with Crippen LogP contribution in [-0.2, 0) is 0 Å². The quantitative estimate of drug-likeness (QED) is 0.851. The number of rotatable bonds is 2. The maximum absolute atomic E-state index is 11.2. The van der Waals surface area contributed by atoms with E-state index < -0.39 is 5.97 Å². The maximum Gasteiger partial charge on any atom is 0.337 e. The molecule has 2 saturated carbocycles. The van der Waals surface area contributed by atoms with Gasteiger partial charge in [-0.15, -0.1) is 0 Å². The zero-order valence-corrected chi connectivity index (χ0v) is 9.89. The van der Waals surface area contributed by atoms with Crippen LogP contribution in [-0.4, -0.2) is 21.0 Å². The Morgan fingerprint density at radius 1 is 1.28 bits per heavy atom. The topological polar surface area (TPSA) is 66.0 Å². The summed E-state index contributed by atoms with van der Waals surface area (Å²) in [6, 6.07) is 5.27. The number of carboxylic acids is 1. The van der Waals surface area contributed by atoms with Crippen molar-refractivity contribution >= 4 is 17.0 Å². The summed E-state index contributed by atoms with van der Waals surface area (Å²) < 4.78 is 0. The summed E-state index contributed by atoms with van der Waals surface area (Å²) in [6.07, 6.45) is 3.82. The van der Waals surface area contributed by atoms with Crippen molar-refractivity contribution in [2.75, 3.05) is 0 Å². The number of imidazole rings is 1. The summed E-state index contributed by atoms with van der Waals surface area (Å²) in [7, 11) is 0. The van der Waals surface area contributed by atoms with Gasteiger partial charge in [0, 0.05) is 5.92 Å². The molecule has 2 atom stereocenters. The van der Waals surface area contributed by atoms with Gasteiger partial charge in [-0.05, 0) is 43.2 Å². The lowest BCUT2D eigenvalue weighted by atomic mass is 10.0. The van der Waals surface area contributed by atoms with Gasteiger partial charge in [-0.1, -0.05) is 6.07 Å². The third kappa shape index (κ3) is 1.38. The Balaban J connectivity index is 1.79. The number of H-pyrrole nitrogens is 1. The van der Waals surface area contributed by atoms with Crippen LogP contribution in [0.15, 0.2) is 18.2 Å². The molecule has 1 aromatic carbocycles. The van der Waals surface area contributed by atoms with Gasteiger partial charge in [-0.2, -0.15) is 0 Å². The normalized spacial score (nSPS) is 29.4. The average Bonchev–Trinajstić information content (AvgIpc) is 2.80. The fraction of sp³-hybridized carbons (Fsp3) is 0.429. The number of fused-ring (bicyclic) bond motifs is 2. The van der Waals surface area contributed by atoms with Gasteiger partial charge < -0.3 is 10.1 Å². The van der Waals surface area contributed by atoms with Gasteiger partial charge in [0.15, 0.2) is 0 Å². The zero-order valence-electron chi connectivity index (χ0n) is 9.89. The first-order valence-electron chi connectivity index (χ1n) is 6.44. The number of nitrogens with one attached hydrogen (secondary N) is 1. The lowest BCUT2D eigenvalue weighted by Gasteiger charge is -2.06. The number of benzene rings is 1. The van der Waals surface area contributed by atoms with Gasteiger partial charge in [0.1, 0.15) is 11.3 Å². The van der Waals surface area contributed by atoms with E-state index in [9.17, 15) is 4.79 Å². The first kappa shape index (κ1) is 10.1. The van der Waals surface area contributed by atoms with E-state index in [2.05, 4.69) is 9.97 Å². The van der Waals surface area contributed by atoms with E-state index in [4.69, 9.17) is 5.11 Å². The molecule has 2 aliphatic carbocycles.